The number of aliphatic carboxylic acids is 1. The van der Waals surface area contributed by atoms with Gasteiger partial charge < -0.3 is 25.8 Å². The van der Waals surface area contributed by atoms with Crippen molar-refractivity contribution in [3.8, 4) is 11.5 Å². The number of nitrogens with one attached hydrogen (secondary N) is 1. The highest BCUT2D eigenvalue weighted by molar-refractivity contribution is 8.03. The maximum Gasteiger partial charge on any atom is 0.352 e. The molecule has 15 heteroatoms. The van der Waals surface area contributed by atoms with Crippen molar-refractivity contribution in [1.29, 1.82) is 0 Å². The molecule has 4 aliphatic heterocycles. The van der Waals surface area contributed by atoms with Gasteiger partial charge in [-0.05, 0) is 36.8 Å². The van der Waals surface area contributed by atoms with E-state index in [9.17, 15) is 29.7 Å². The number of hydrogen-bond donors (Lipinski definition) is 5. The lowest BCUT2D eigenvalue weighted by Crippen LogP contribution is -2.68. The molecule has 4 heterocycles. The van der Waals surface area contributed by atoms with Gasteiger partial charge in [-0.1, -0.05) is 0 Å². The fourth-order valence-corrected chi connectivity index (χ4v) is 6.49. The van der Waals surface area contributed by atoms with E-state index in [0.29, 0.717) is 22.9 Å². The lowest BCUT2D eigenvalue weighted by molar-refractivity contribution is -0.147. The van der Waals surface area contributed by atoms with Crippen LogP contribution in [0.2, 0.25) is 0 Å². The summed E-state index contributed by atoms with van der Waals surface area (Å²) in [5.74, 6) is -1.72. The van der Waals surface area contributed by atoms with Crippen molar-refractivity contribution < 1.29 is 34.4 Å². The van der Waals surface area contributed by atoms with E-state index in [0.717, 1.165) is 16.8 Å². The molecule has 194 valence electrons. The van der Waals surface area contributed by atoms with Crippen LogP contribution in [0.3, 0.4) is 0 Å². The summed E-state index contributed by atoms with van der Waals surface area (Å²) >= 11 is 2.82. The third-order valence-electron chi connectivity index (χ3n) is 5.80. The van der Waals surface area contributed by atoms with Crippen LogP contribution in [-0.2, 0) is 14.3 Å². The Hall–Kier alpha value is -3.66. The summed E-state index contributed by atoms with van der Waals surface area (Å²) in [7, 11) is 0. The molecule has 0 unspecified atom stereocenters. The van der Waals surface area contributed by atoms with Gasteiger partial charge in [0, 0.05) is 17.2 Å². The average Bonchev–Trinajstić information content (AvgIpc) is 3.29. The number of phenols is 2. The van der Waals surface area contributed by atoms with Gasteiger partial charge in [-0.15, -0.1) is 29.1 Å². The number of allylic oxidation sites excluding steroid dienone is 1. The van der Waals surface area contributed by atoms with Crippen molar-refractivity contribution in [1.82, 2.24) is 20.5 Å². The number of amides is 1. The smallest absolute Gasteiger partial charge is 0.352 e. The van der Waals surface area contributed by atoms with Crippen LogP contribution in [0.1, 0.15) is 17.3 Å². The number of rotatable bonds is 7. The quantitative estimate of drug-likeness (QED) is 0.183. The first-order chi connectivity index (χ1) is 17.6. The number of thioether (sulfide) groups is 2. The molecule has 6 N–H and O–H groups in total. The Labute approximate surface area is 218 Å². The minimum absolute atomic E-state index is 0.0105. The van der Waals surface area contributed by atoms with E-state index in [1.165, 1.54) is 45.6 Å². The van der Waals surface area contributed by atoms with Gasteiger partial charge in [0.25, 0.3) is 0 Å². The molecule has 0 saturated carbocycles. The molecule has 37 heavy (non-hydrogen) atoms. The Morgan fingerprint density at radius 1 is 1.32 bits per heavy atom. The highest BCUT2D eigenvalue weighted by Gasteiger charge is 2.51. The minimum atomic E-state index is -1.16. The molecule has 0 aromatic heterocycles. The predicted octanol–water partition coefficient (Wildman–Crippen LogP) is 0.678. The second-order valence-corrected chi connectivity index (χ2v) is 10.5. The molecule has 0 radical (unpaired) electrons. The summed E-state index contributed by atoms with van der Waals surface area (Å²) in [5.41, 5.74) is 10.3. The number of benzene rings is 1. The molecular formula is C22H22N6O7S2. The number of nitrogens with two attached hydrogens (primary N) is 1. The maximum atomic E-state index is 12.3. The molecule has 1 aromatic carbocycles. The van der Waals surface area contributed by atoms with Crippen LogP contribution in [0.5, 0.6) is 11.5 Å². The van der Waals surface area contributed by atoms with E-state index in [-0.39, 0.29) is 29.1 Å². The number of phenolic OH excluding ortho intramolecular Hbond substituents is 2. The van der Waals surface area contributed by atoms with Gasteiger partial charge in [0.15, 0.2) is 24.1 Å². The van der Waals surface area contributed by atoms with Gasteiger partial charge in [-0.25, -0.2) is 19.6 Å². The zero-order valence-electron chi connectivity index (χ0n) is 19.3. The van der Waals surface area contributed by atoms with Gasteiger partial charge >= 0.3 is 11.9 Å². The van der Waals surface area contributed by atoms with Crippen molar-refractivity contribution in [2.24, 2.45) is 10.7 Å². The number of aliphatic imine (C=N–C) groups is 1. The largest absolute Gasteiger partial charge is 0.504 e. The van der Waals surface area contributed by atoms with Crippen molar-refractivity contribution in [2.45, 2.75) is 18.3 Å². The summed E-state index contributed by atoms with van der Waals surface area (Å²) in [6, 6.07) is 2.94. The van der Waals surface area contributed by atoms with E-state index < -0.39 is 29.6 Å². The van der Waals surface area contributed by atoms with E-state index in [4.69, 9.17) is 10.5 Å². The summed E-state index contributed by atoms with van der Waals surface area (Å²) in [6.07, 6.45) is 3.47. The molecule has 0 spiro atoms. The third kappa shape index (κ3) is 4.61. The lowest BCUT2D eigenvalue weighted by Gasteiger charge is -2.48. The van der Waals surface area contributed by atoms with Crippen molar-refractivity contribution >= 4 is 47.1 Å². The molecule has 0 bridgehead atoms. The molecule has 1 amide bonds. The van der Waals surface area contributed by atoms with E-state index in [1.807, 2.05) is 13.0 Å². The number of carbonyl (C=O) groups excluding carboxylic acids is 2. The molecule has 1 fully saturated rings. The van der Waals surface area contributed by atoms with Gasteiger partial charge in [-0.3, -0.25) is 14.7 Å². The molecule has 0 aliphatic carbocycles. The number of nitrogens with zero attached hydrogens (tertiary/aromatic N) is 4. The average molecular weight is 547 g/mol. The van der Waals surface area contributed by atoms with Crippen LogP contribution < -0.4 is 11.3 Å². The van der Waals surface area contributed by atoms with Crippen LogP contribution in [0, 0.1) is 0 Å². The lowest BCUT2D eigenvalue weighted by atomic mass is 10.0. The second-order valence-electron chi connectivity index (χ2n) is 8.37. The Kier molecular flexibility index (Phi) is 6.53. The first-order valence-electron chi connectivity index (χ1n) is 10.9. The topological polar surface area (TPSA) is 181 Å². The Morgan fingerprint density at radius 2 is 2.11 bits per heavy atom. The fraction of sp³-hybridized carbons (Fsp3) is 0.273. The number of carbonyl (C=O) groups is 3. The zero-order valence-corrected chi connectivity index (χ0v) is 21.0. The highest BCUT2D eigenvalue weighted by atomic mass is 32.2. The van der Waals surface area contributed by atoms with Gasteiger partial charge in [0.05, 0.1) is 16.8 Å². The SMILES string of the molecule is CC1=NC2=CN(COC(=O)c3ccc(O)c(O)c3)NN2C(SCC2=C(C(=O)O)N3C(=O)[C@@H](N)[C@H]3SC2)=C1. The van der Waals surface area contributed by atoms with Crippen LogP contribution in [-0.4, -0.2) is 83.4 Å². The zero-order chi connectivity index (χ0) is 26.4. The van der Waals surface area contributed by atoms with E-state index >= 15 is 0 Å². The highest BCUT2D eigenvalue weighted by Crippen LogP contribution is 2.41. The molecule has 1 saturated heterocycles. The van der Waals surface area contributed by atoms with E-state index in [2.05, 4.69) is 10.5 Å². The van der Waals surface area contributed by atoms with Crippen LogP contribution in [0.15, 0.2) is 57.6 Å². The van der Waals surface area contributed by atoms with Crippen molar-refractivity contribution in [2.75, 3.05) is 18.2 Å². The van der Waals surface area contributed by atoms with E-state index in [1.54, 1.807) is 11.2 Å². The van der Waals surface area contributed by atoms with Gasteiger partial charge in [0.2, 0.25) is 5.91 Å². The number of carboxylic acid groups (broad SMARTS) is 1. The third-order valence-corrected chi connectivity index (χ3v) is 8.25. The number of hydrogen-bond acceptors (Lipinski definition) is 13. The Morgan fingerprint density at radius 3 is 2.84 bits per heavy atom. The Bertz CT molecular complexity index is 1330. The summed E-state index contributed by atoms with van der Waals surface area (Å²) in [6.45, 7) is 1.64. The first-order valence-corrected chi connectivity index (χ1v) is 13.0. The molecule has 5 rings (SSSR count). The van der Waals surface area contributed by atoms with Crippen LogP contribution in [0.4, 0.5) is 0 Å². The minimum Gasteiger partial charge on any atom is -0.504 e. The standard InChI is InChI=1S/C22H22N6O7S2/c1-10-4-16(36-7-12-8-37-20-17(23)19(31)27(20)18(12)21(32)33)28-15(24-10)6-26(25-28)9-35-22(34)11-2-3-13(29)14(30)5-11/h2-6,17,20,25,29-30H,7-9,23H2,1H3,(H,32,33)/t17-,20-/m1/s1. The van der Waals surface area contributed by atoms with Gasteiger partial charge in [-0.2, -0.15) is 0 Å². The van der Waals surface area contributed by atoms with Crippen molar-refractivity contribution in [3.05, 3.63) is 58.2 Å². The normalized spacial score (nSPS) is 22.6. The number of β-lactam (4-membered cyclic amide) rings is 1. The number of hydrazine groups is 2. The molecule has 13 nitrogen and oxygen atoms in total. The summed E-state index contributed by atoms with van der Waals surface area (Å²) < 4.78 is 5.28. The number of ether oxygens (including phenoxy) is 1. The fourth-order valence-electron chi connectivity index (χ4n) is 3.99. The second kappa shape index (κ2) is 9.66. The molecule has 1 aromatic rings. The number of carboxylic acids is 1. The molecule has 2 atom stereocenters. The summed E-state index contributed by atoms with van der Waals surface area (Å²) in [5, 5.41) is 32.3. The monoisotopic (exact) mass is 546 g/mol. The summed E-state index contributed by atoms with van der Waals surface area (Å²) in [4.78, 5) is 42.2. The number of aromatic hydroxyl groups is 2. The first kappa shape index (κ1) is 25.0. The van der Waals surface area contributed by atoms with Gasteiger partial charge in [0.1, 0.15) is 17.1 Å². The molecule has 4 aliphatic rings. The van der Waals surface area contributed by atoms with Crippen LogP contribution >= 0.6 is 23.5 Å². The predicted molar refractivity (Wildman–Crippen MR) is 134 cm³/mol. The van der Waals surface area contributed by atoms with Crippen molar-refractivity contribution in [3.63, 3.8) is 0 Å². The van der Waals surface area contributed by atoms with Crippen LogP contribution in [0.25, 0.3) is 0 Å². The molecular weight excluding hydrogens is 524 g/mol. The number of fused-ring (bicyclic) bond motifs is 2. The Balaban J connectivity index is 1.24. The maximum absolute atomic E-state index is 12.3. The number of esters is 1.